The van der Waals surface area contributed by atoms with E-state index in [9.17, 15) is 0 Å². The summed E-state index contributed by atoms with van der Waals surface area (Å²) < 4.78 is 0. The summed E-state index contributed by atoms with van der Waals surface area (Å²) in [7, 11) is 2.20. The molecule has 0 radical (unpaired) electrons. The summed E-state index contributed by atoms with van der Waals surface area (Å²) in [5.41, 5.74) is 2.65. The van der Waals surface area contributed by atoms with Gasteiger partial charge in [0.1, 0.15) is 0 Å². The SMILES string of the molecule is CN(c1ccccc1)C1CCN(c2ccccc2)C1. The van der Waals surface area contributed by atoms with Gasteiger partial charge in [-0.3, -0.25) is 0 Å². The van der Waals surface area contributed by atoms with Gasteiger partial charge < -0.3 is 9.80 Å². The van der Waals surface area contributed by atoms with E-state index in [0.717, 1.165) is 13.1 Å². The van der Waals surface area contributed by atoms with Gasteiger partial charge in [-0.25, -0.2) is 0 Å². The number of anilines is 2. The van der Waals surface area contributed by atoms with Crippen LogP contribution in [0.2, 0.25) is 0 Å². The molecule has 1 aliphatic heterocycles. The predicted octanol–water partition coefficient (Wildman–Crippen LogP) is 3.40. The van der Waals surface area contributed by atoms with Crippen LogP contribution in [0.3, 0.4) is 0 Å². The third kappa shape index (κ3) is 2.58. The minimum absolute atomic E-state index is 0.600. The van der Waals surface area contributed by atoms with Gasteiger partial charge in [-0.2, -0.15) is 0 Å². The Morgan fingerprint density at radius 3 is 2.26 bits per heavy atom. The molecule has 0 saturated carbocycles. The topological polar surface area (TPSA) is 6.48 Å². The van der Waals surface area contributed by atoms with E-state index < -0.39 is 0 Å². The van der Waals surface area contributed by atoms with Crippen LogP contribution in [-0.2, 0) is 0 Å². The highest BCUT2D eigenvalue weighted by atomic mass is 15.2. The van der Waals surface area contributed by atoms with Crippen molar-refractivity contribution in [3.8, 4) is 0 Å². The molecule has 1 unspecified atom stereocenters. The minimum atomic E-state index is 0.600. The molecule has 0 N–H and O–H groups in total. The number of likely N-dealkylation sites (N-methyl/N-ethyl adjacent to an activating group) is 1. The Hall–Kier alpha value is -1.96. The molecule has 19 heavy (non-hydrogen) atoms. The first-order valence-corrected chi connectivity index (χ1v) is 6.92. The smallest absolute Gasteiger partial charge is 0.0478 e. The average Bonchev–Trinajstić information content (AvgIpc) is 2.98. The van der Waals surface area contributed by atoms with Crippen molar-refractivity contribution in [2.24, 2.45) is 0 Å². The van der Waals surface area contributed by atoms with Crippen molar-refractivity contribution in [3.05, 3.63) is 60.7 Å². The standard InChI is InChI=1S/C17H20N2/c1-18(15-8-4-2-5-9-15)17-12-13-19(14-17)16-10-6-3-7-11-16/h2-11,17H,12-14H2,1H3. The van der Waals surface area contributed by atoms with Crippen molar-refractivity contribution in [3.63, 3.8) is 0 Å². The van der Waals surface area contributed by atoms with Crippen LogP contribution in [0.4, 0.5) is 11.4 Å². The van der Waals surface area contributed by atoms with Crippen LogP contribution in [-0.4, -0.2) is 26.2 Å². The van der Waals surface area contributed by atoms with E-state index in [1.54, 1.807) is 0 Å². The normalized spacial score (nSPS) is 18.6. The molecule has 2 heteroatoms. The Kier molecular flexibility index (Phi) is 3.41. The lowest BCUT2D eigenvalue weighted by Crippen LogP contribution is -2.34. The zero-order valence-electron chi connectivity index (χ0n) is 11.4. The molecule has 1 aliphatic rings. The summed E-state index contributed by atoms with van der Waals surface area (Å²) in [4.78, 5) is 4.88. The molecule has 2 nitrogen and oxygen atoms in total. The lowest BCUT2D eigenvalue weighted by Gasteiger charge is -2.27. The third-order valence-electron chi connectivity index (χ3n) is 4.00. The third-order valence-corrected chi connectivity index (χ3v) is 4.00. The molecule has 0 aliphatic carbocycles. The lowest BCUT2D eigenvalue weighted by molar-refractivity contribution is 0.693. The van der Waals surface area contributed by atoms with E-state index in [0.29, 0.717) is 6.04 Å². The van der Waals surface area contributed by atoms with Crippen molar-refractivity contribution in [2.45, 2.75) is 12.5 Å². The molecule has 0 amide bonds. The maximum absolute atomic E-state index is 2.48. The average molecular weight is 252 g/mol. The van der Waals surface area contributed by atoms with Crippen LogP contribution in [0, 0.1) is 0 Å². The molecular weight excluding hydrogens is 232 g/mol. The van der Waals surface area contributed by atoms with Gasteiger partial charge in [-0.05, 0) is 30.7 Å². The molecule has 1 atom stereocenters. The second-order valence-corrected chi connectivity index (χ2v) is 5.17. The van der Waals surface area contributed by atoms with Gasteiger partial charge in [0, 0.05) is 37.6 Å². The lowest BCUT2D eigenvalue weighted by atomic mass is 10.2. The first kappa shape index (κ1) is 12.1. The summed E-state index contributed by atoms with van der Waals surface area (Å²) in [5, 5.41) is 0. The molecule has 0 aromatic heterocycles. The number of benzene rings is 2. The number of rotatable bonds is 3. The summed E-state index contributed by atoms with van der Waals surface area (Å²) in [5.74, 6) is 0. The van der Waals surface area contributed by atoms with E-state index >= 15 is 0 Å². The summed E-state index contributed by atoms with van der Waals surface area (Å²) in [6.45, 7) is 2.25. The number of nitrogens with zero attached hydrogens (tertiary/aromatic N) is 2. The highest BCUT2D eigenvalue weighted by Crippen LogP contribution is 2.25. The van der Waals surface area contributed by atoms with Gasteiger partial charge in [-0.15, -0.1) is 0 Å². The Labute approximate surface area is 115 Å². The van der Waals surface area contributed by atoms with Crippen LogP contribution < -0.4 is 9.80 Å². The second-order valence-electron chi connectivity index (χ2n) is 5.17. The fraction of sp³-hybridized carbons (Fsp3) is 0.294. The van der Waals surface area contributed by atoms with Crippen molar-refractivity contribution >= 4 is 11.4 Å². The number of hydrogen-bond donors (Lipinski definition) is 0. The van der Waals surface area contributed by atoms with Crippen molar-refractivity contribution in [1.82, 2.24) is 0 Å². The van der Waals surface area contributed by atoms with Crippen molar-refractivity contribution in [2.75, 3.05) is 29.9 Å². The first-order chi connectivity index (χ1) is 9.34. The quantitative estimate of drug-likeness (QED) is 0.826. The zero-order chi connectivity index (χ0) is 13.1. The van der Waals surface area contributed by atoms with E-state index in [-0.39, 0.29) is 0 Å². The maximum atomic E-state index is 2.48. The molecule has 0 bridgehead atoms. The Morgan fingerprint density at radius 1 is 0.947 bits per heavy atom. The molecule has 1 fully saturated rings. The van der Waals surface area contributed by atoms with Crippen LogP contribution in [0.1, 0.15) is 6.42 Å². The van der Waals surface area contributed by atoms with E-state index in [1.165, 1.54) is 17.8 Å². The van der Waals surface area contributed by atoms with Crippen molar-refractivity contribution in [1.29, 1.82) is 0 Å². The van der Waals surface area contributed by atoms with Crippen LogP contribution in [0.25, 0.3) is 0 Å². The fourth-order valence-electron chi connectivity index (χ4n) is 2.81. The summed E-state index contributed by atoms with van der Waals surface area (Å²) in [6.07, 6.45) is 1.22. The highest BCUT2D eigenvalue weighted by Gasteiger charge is 2.25. The van der Waals surface area contributed by atoms with Gasteiger partial charge in [0.05, 0.1) is 0 Å². The van der Waals surface area contributed by atoms with Crippen LogP contribution in [0.15, 0.2) is 60.7 Å². The van der Waals surface area contributed by atoms with Gasteiger partial charge in [0.25, 0.3) is 0 Å². The largest absolute Gasteiger partial charge is 0.370 e. The Balaban J connectivity index is 1.69. The molecule has 1 heterocycles. The predicted molar refractivity (Wildman–Crippen MR) is 81.9 cm³/mol. The number of para-hydroxylation sites is 2. The zero-order valence-corrected chi connectivity index (χ0v) is 11.4. The summed E-state index contributed by atoms with van der Waals surface area (Å²) in [6, 6.07) is 22.0. The Bertz CT molecular complexity index is 509. The van der Waals surface area contributed by atoms with Gasteiger partial charge in [0.15, 0.2) is 0 Å². The molecule has 3 rings (SSSR count). The molecule has 0 spiro atoms. The number of hydrogen-bond acceptors (Lipinski definition) is 2. The maximum Gasteiger partial charge on any atom is 0.0478 e. The van der Waals surface area contributed by atoms with Gasteiger partial charge in [-0.1, -0.05) is 36.4 Å². The molecule has 2 aromatic carbocycles. The molecule has 2 aromatic rings. The summed E-state index contributed by atoms with van der Waals surface area (Å²) >= 11 is 0. The molecule has 1 saturated heterocycles. The van der Waals surface area contributed by atoms with Crippen LogP contribution >= 0.6 is 0 Å². The first-order valence-electron chi connectivity index (χ1n) is 6.92. The second kappa shape index (κ2) is 5.35. The Morgan fingerprint density at radius 2 is 1.58 bits per heavy atom. The van der Waals surface area contributed by atoms with E-state index in [2.05, 4.69) is 77.5 Å². The molecular formula is C17H20N2. The van der Waals surface area contributed by atoms with Gasteiger partial charge in [0.2, 0.25) is 0 Å². The van der Waals surface area contributed by atoms with Crippen molar-refractivity contribution < 1.29 is 0 Å². The van der Waals surface area contributed by atoms with E-state index in [4.69, 9.17) is 0 Å². The molecule has 98 valence electrons. The van der Waals surface area contributed by atoms with Gasteiger partial charge >= 0.3 is 0 Å². The monoisotopic (exact) mass is 252 g/mol. The van der Waals surface area contributed by atoms with E-state index in [1.807, 2.05) is 0 Å². The minimum Gasteiger partial charge on any atom is -0.370 e. The highest BCUT2D eigenvalue weighted by molar-refractivity contribution is 5.51. The fourth-order valence-corrected chi connectivity index (χ4v) is 2.81. The van der Waals surface area contributed by atoms with Crippen LogP contribution in [0.5, 0.6) is 0 Å².